The highest BCUT2D eigenvalue weighted by atomic mass is 16.6. The predicted molar refractivity (Wildman–Crippen MR) is 78.9 cm³/mol. The van der Waals surface area contributed by atoms with Gasteiger partial charge in [0.25, 0.3) is 5.91 Å². The third kappa shape index (κ3) is 5.09. The van der Waals surface area contributed by atoms with Gasteiger partial charge in [0.15, 0.2) is 0 Å². The van der Waals surface area contributed by atoms with Gasteiger partial charge in [-0.05, 0) is 26.8 Å². The van der Waals surface area contributed by atoms with Crippen molar-refractivity contribution in [1.29, 1.82) is 5.26 Å². The SMILES string of the molecule is CN(C)C(=O)c1cc(CNC(=O)OC(C)(C)C)nn1CC#N. The fourth-order valence-corrected chi connectivity index (χ4v) is 1.62. The molecule has 0 aliphatic heterocycles. The van der Waals surface area contributed by atoms with Gasteiger partial charge in [0, 0.05) is 14.1 Å². The van der Waals surface area contributed by atoms with Crippen molar-refractivity contribution >= 4 is 12.0 Å². The smallest absolute Gasteiger partial charge is 0.407 e. The number of nitriles is 1. The number of nitrogens with zero attached hydrogens (tertiary/aromatic N) is 4. The third-order valence-electron chi connectivity index (χ3n) is 2.49. The van der Waals surface area contributed by atoms with Gasteiger partial charge in [0.2, 0.25) is 0 Å². The van der Waals surface area contributed by atoms with Crippen molar-refractivity contribution in [3.8, 4) is 6.07 Å². The first-order valence-electron chi connectivity index (χ1n) is 6.76. The first-order valence-corrected chi connectivity index (χ1v) is 6.76. The number of ether oxygens (including phenoxy) is 1. The van der Waals surface area contributed by atoms with Crippen molar-refractivity contribution in [1.82, 2.24) is 20.0 Å². The van der Waals surface area contributed by atoms with Gasteiger partial charge in [-0.3, -0.25) is 4.79 Å². The van der Waals surface area contributed by atoms with Gasteiger partial charge in [-0.2, -0.15) is 10.4 Å². The maximum atomic E-state index is 12.0. The highest BCUT2D eigenvalue weighted by Gasteiger charge is 2.19. The van der Waals surface area contributed by atoms with Crippen molar-refractivity contribution in [2.75, 3.05) is 14.1 Å². The van der Waals surface area contributed by atoms with Gasteiger partial charge < -0.3 is 15.0 Å². The minimum atomic E-state index is -0.587. The molecular weight excluding hydrogens is 286 g/mol. The van der Waals surface area contributed by atoms with Crippen LogP contribution in [0.3, 0.4) is 0 Å². The van der Waals surface area contributed by atoms with Crippen molar-refractivity contribution < 1.29 is 14.3 Å². The molecule has 0 aliphatic carbocycles. The first kappa shape index (κ1) is 17.5. The Morgan fingerprint density at radius 3 is 2.59 bits per heavy atom. The first-order chi connectivity index (χ1) is 10.1. The van der Waals surface area contributed by atoms with Crippen LogP contribution in [0.15, 0.2) is 6.07 Å². The molecule has 8 nitrogen and oxygen atoms in total. The van der Waals surface area contributed by atoms with Crippen LogP contribution in [0, 0.1) is 11.3 Å². The molecule has 120 valence electrons. The number of aromatic nitrogens is 2. The Bertz CT molecular complexity index is 593. The highest BCUT2D eigenvalue weighted by molar-refractivity contribution is 5.92. The summed E-state index contributed by atoms with van der Waals surface area (Å²) >= 11 is 0. The van der Waals surface area contributed by atoms with Crippen LogP contribution in [-0.2, 0) is 17.8 Å². The number of nitrogens with one attached hydrogen (secondary N) is 1. The topological polar surface area (TPSA) is 100 Å². The van der Waals surface area contributed by atoms with E-state index in [1.807, 2.05) is 6.07 Å². The fourth-order valence-electron chi connectivity index (χ4n) is 1.62. The van der Waals surface area contributed by atoms with Gasteiger partial charge in [0.1, 0.15) is 17.8 Å². The van der Waals surface area contributed by atoms with E-state index in [4.69, 9.17) is 10.00 Å². The second kappa shape index (κ2) is 6.93. The third-order valence-corrected chi connectivity index (χ3v) is 2.49. The molecule has 0 saturated carbocycles. The van der Waals surface area contributed by atoms with Crippen LogP contribution in [0.25, 0.3) is 0 Å². The van der Waals surface area contributed by atoms with Gasteiger partial charge in [-0.15, -0.1) is 0 Å². The van der Waals surface area contributed by atoms with E-state index in [1.54, 1.807) is 40.9 Å². The minimum Gasteiger partial charge on any atom is -0.444 e. The van der Waals surface area contributed by atoms with Crippen LogP contribution in [0.1, 0.15) is 37.0 Å². The standard InChI is InChI=1S/C14H21N5O3/c1-14(2,3)22-13(21)16-9-10-8-11(12(20)18(4)5)19(17-10)7-6-15/h8H,7,9H2,1-5H3,(H,16,21). The highest BCUT2D eigenvalue weighted by Crippen LogP contribution is 2.09. The minimum absolute atomic E-state index is 0.0403. The average Bonchev–Trinajstić information content (AvgIpc) is 2.77. The number of rotatable bonds is 4. The molecule has 0 atom stereocenters. The van der Waals surface area contributed by atoms with Crippen LogP contribution in [0.5, 0.6) is 0 Å². The molecule has 22 heavy (non-hydrogen) atoms. The number of alkyl carbamates (subject to hydrolysis) is 1. The largest absolute Gasteiger partial charge is 0.444 e. The van der Waals surface area contributed by atoms with E-state index in [2.05, 4.69) is 10.4 Å². The van der Waals surface area contributed by atoms with Crippen molar-refractivity contribution in [3.05, 3.63) is 17.5 Å². The van der Waals surface area contributed by atoms with E-state index < -0.39 is 11.7 Å². The van der Waals surface area contributed by atoms with Crippen molar-refractivity contribution in [2.24, 2.45) is 0 Å². The molecule has 0 radical (unpaired) electrons. The van der Waals surface area contributed by atoms with Crippen LogP contribution in [-0.4, -0.2) is 46.4 Å². The summed E-state index contributed by atoms with van der Waals surface area (Å²) < 4.78 is 6.43. The molecule has 1 rings (SSSR count). The number of carbonyl (C=O) groups is 2. The molecule has 1 aromatic heterocycles. The normalized spacial score (nSPS) is 10.7. The van der Waals surface area contributed by atoms with Crippen molar-refractivity contribution in [2.45, 2.75) is 39.5 Å². The van der Waals surface area contributed by atoms with Crippen molar-refractivity contribution in [3.63, 3.8) is 0 Å². The zero-order chi connectivity index (χ0) is 16.9. The molecule has 0 spiro atoms. The zero-order valence-corrected chi connectivity index (χ0v) is 13.5. The average molecular weight is 307 g/mol. The summed E-state index contributed by atoms with van der Waals surface area (Å²) in [6, 6.07) is 3.50. The molecule has 0 aliphatic rings. The number of amides is 2. The molecule has 0 aromatic carbocycles. The molecular formula is C14H21N5O3. The Labute approximate surface area is 129 Å². The lowest BCUT2D eigenvalue weighted by molar-refractivity contribution is 0.0522. The van der Waals surface area contributed by atoms with E-state index in [0.717, 1.165) is 0 Å². The Morgan fingerprint density at radius 1 is 1.45 bits per heavy atom. The zero-order valence-electron chi connectivity index (χ0n) is 13.5. The summed E-state index contributed by atoms with van der Waals surface area (Å²) in [5, 5.41) is 15.5. The predicted octanol–water partition coefficient (Wildman–Crippen LogP) is 1.13. The van der Waals surface area contributed by atoms with Crippen LogP contribution in [0.4, 0.5) is 4.79 Å². The molecule has 8 heteroatoms. The lowest BCUT2D eigenvalue weighted by atomic mass is 10.2. The number of carbonyl (C=O) groups excluding carboxylic acids is 2. The monoisotopic (exact) mass is 307 g/mol. The lowest BCUT2D eigenvalue weighted by Crippen LogP contribution is -2.32. The lowest BCUT2D eigenvalue weighted by Gasteiger charge is -2.19. The Balaban J connectivity index is 2.81. The van der Waals surface area contributed by atoms with Crippen LogP contribution in [0.2, 0.25) is 0 Å². The van der Waals surface area contributed by atoms with Gasteiger partial charge in [-0.25, -0.2) is 9.48 Å². The summed E-state index contributed by atoms with van der Waals surface area (Å²) in [5.41, 5.74) is 0.190. The molecule has 0 unspecified atom stereocenters. The Morgan fingerprint density at radius 2 is 2.09 bits per heavy atom. The van der Waals surface area contributed by atoms with E-state index in [9.17, 15) is 9.59 Å². The molecule has 2 amide bonds. The summed E-state index contributed by atoms with van der Waals surface area (Å²) in [4.78, 5) is 25.0. The van der Waals surface area contributed by atoms with Gasteiger partial charge in [0.05, 0.1) is 18.3 Å². The maximum absolute atomic E-state index is 12.0. The van der Waals surface area contributed by atoms with E-state index in [1.165, 1.54) is 9.58 Å². The summed E-state index contributed by atoms with van der Waals surface area (Å²) in [5.74, 6) is -0.258. The van der Waals surface area contributed by atoms with E-state index in [-0.39, 0.29) is 19.0 Å². The molecule has 0 bridgehead atoms. The van der Waals surface area contributed by atoms with Gasteiger partial charge in [-0.1, -0.05) is 0 Å². The Hall–Kier alpha value is -2.56. The van der Waals surface area contributed by atoms with E-state index in [0.29, 0.717) is 11.4 Å². The molecule has 0 saturated heterocycles. The van der Waals surface area contributed by atoms with Crippen LogP contribution < -0.4 is 5.32 Å². The van der Waals surface area contributed by atoms with Gasteiger partial charge >= 0.3 is 6.09 Å². The number of hydrogen-bond donors (Lipinski definition) is 1. The fraction of sp³-hybridized carbons (Fsp3) is 0.571. The van der Waals surface area contributed by atoms with E-state index >= 15 is 0 Å². The number of hydrogen-bond acceptors (Lipinski definition) is 5. The summed E-state index contributed by atoms with van der Waals surface area (Å²) in [6.45, 7) is 5.37. The molecule has 1 N–H and O–H groups in total. The molecule has 1 aromatic rings. The molecule has 0 fully saturated rings. The second-order valence-electron chi connectivity index (χ2n) is 5.89. The second-order valence-corrected chi connectivity index (χ2v) is 5.89. The summed E-state index contributed by atoms with van der Waals surface area (Å²) in [7, 11) is 3.23. The quantitative estimate of drug-likeness (QED) is 0.898. The molecule has 1 heterocycles. The Kier molecular flexibility index (Phi) is 5.51. The maximum Gasteiger partial charge on any atom is 0.407 e. The van der Waals surface area contributed by atoms with Crippen LogP contribution >= 0.6 is 0 Å². The summed E-state index contributed by atoms with van der Waals surface area (Å²) in [6.07, 6.45) is -0.567.